The van der Waals surface area contributed by atoms with Crippen molar-refractivity contribution in [1.29, 1.82) is 0 Å². The van der Waals surface area contributed by atoms with Crippen LogP contribution in [0.25, 0.3) is 11.3 Å². The van der Waals surface area contributed by atoms with E-state index in [0.29, 0.717) is 6.54 Å². The van der Waals surface area contributed by atoms with Gasteiger partial charge in [0, 0.05) is 22.6 Å². The first-order valence-corrected chi connectivity index (χ1v) is 7.36. The van der Waals surface area contributed by atoms with Crippen molar-refractivity contribution in [2.45, 2.75) is 24.2 Å². The van der Waals surface area contributed by atoms with E-state index in [1.807, 2.05) is 11.8 Å². The number of nitrogens with zero attached hydrogens (tertiary/aromatic N) is 1. The molecule has 0 saturated carbocycles. The lowest BCUT2D eigenvalue weighted by atomic mass is 10.0. The van der Waals surface area contributed by atoms with Gasteiger partial charge in [-0.05, 0) is 48.9 Å². The van der Waals surface area contributed by atoms with Gasteiger partial charge in [-0.3, -0.25) is 5.10 Å². The van der Waals surface area contributed by atoms with Crippen molar-refractivity contribution < 1.29 is 0 Å². The Hall–Kier alpha value is -1.26. The SMILES string of the molecule is NCCc1cc(-c2ccc3c(c2)CCCS3)n[nH]1. The molecule has 0 unspecified atom stereocenters. The highest BCUT2D eigenvalue weighted by Gasteiger charge is 2.11. The minimum atomic E-state index is 0.655. The second-order valence-electron chi connectivity index (χ2n) is 4.59. The van der Waals surface area contributed by atoms with Crippen LogP contribution in [0.3, 0.4) is 0 Å². The minimum absolute atomic E-state index is 0.655. The van der Waals surface area contributed by atoms with Crippen molar-refractivity contribution >= 4 is 11.8 Å². The summed E-state index contributed by atoms with van der Waals surface area (Å²) in [5, 5.41) is 7.42. The molecule has 1 aliphatic heterocycles. The fourth-order valence-corrected chi connectivity index (χ4v) is 3.33. The number of rotatable bonds is 3. The van der Waals surface area contributed by atoms with Crippen molar-refractivity contribution in [3.8, 4) is 11.3 Å². The van der Waals surface area contributed by atoms with E-state index >= 15 is 0 Å². The third kappa shape index (κ3) is 2.31. The predicted molar refractivity (Wildman–Crippen MR) is 75.8 cm³/mol. The molecule has 18 heavy (non-hydrogen) atoms. The molecule has 4 heteroatoms. The third-order valence-electron chi connectivity index (χ3n) is 3.25. The summed E-state index contributed by atoms with van der Waals surface area (Å²) in [7, 11) is 0. The number of thioether (sulfide) groups is 1. The number of hydrogen-bond donors (Lipinski definition) is 2. The average molecular weight is 259 g/mol. The number of fused-ring (bicyclic) bond motifs is 1. The van der Waals surface area contributed by atoms with Crippen LogP contribution in [0.2, 0.25) is 0 Å². The standard InChI is InChI=1S/C14H17N3S/c15-6-5-12-9-13(17-16-12)10-3-4-14-11(8-10)2-1-7-18-14/h3-4,8-9H,1-2,5-7,15H2,(H,16,17). The molecule has 3 nitrogen and oxygen atoms in total. The zero-order valence-electron chi connectivity index (χ0n) is 10.3. The van der Waals surface area contributed by atoms with Gasteiger partial charge in [-0.15, -0.1) is 11.8 Å². The Morgan fingerprint density at radius 1 is 1.33 bits per heavy atom. The molecule has 1 aromatic carbocycles. The van der Waals surface area contributed by atoms with Gasteiger partial charge in [0.1, 0.15) is 0 Å². The van der Waals surface area contributed by atoms with E-state index in [1.54, 1.807) is 0 Å². The molecule has 2 heterocycles. The number of hydrogen-bond acceptors (Lipinski definition) is 3. The molecule has 0 aliphatic carbocycles. The lowest BCUT2D eigenvalue weighted by molar-refractivity contribution is 0.889. The molecule has 0 amide bonds. The first-order chi connectivity index (χ1) is 8.86. The maximum absolute atomic E-state index is 5.55. The van der Waals surface area contributed by atoms with Crippen LogP contribution in [-0.4, -0.2) is 22.5 Å². The Balaban J connectivity index is 1.91. The van der Waals surface area contributed by atoms with Crippen LogP contribution in [0.15, 0.2) is 29.2 Å². The molecule has 3 N–H and O–H groups in total. The predicted octanol–water partition coefficient (Wildman–Crippen LogP) is 2.62. The van der Waals surface area contributed by atoms with Crippen LogP contribution in [0.4, 0.5) is 0 Å². The van der Waals surface area contributed by atoms with Crippen LogP contribution >= 0.6 is 11.8 Å². The lowest BCUT2D eigenvalue weighted by Crippen LogP contribution is -2.02. The van der Waals surface area contributed by atoms with Gasteiger partial charge in [0.15, 0.2) is 0 Å². The number of aromatic amines is 1. The van der Waals surface area contributed by atoms with Crippen LogP contribution in [0, 0.1) is 0 Å². The molecule has 0 atom stereocenters. The van der Waals surface area contributed by atoms with Gasteiger partial charge in [0.05, 0.1) is 5.69 Å². The van der Waals surface area contributed by atoms with Gasteiger partial charge >= 0.3 is 0 Å². The molecule has 1 aliphatic rings. The van der Waals surface area contributed by atoms with Crippen molar-refractivity contribution in [2.24, 2.45) is 5.73 Å². The molecular formula is C14H17N3S. The zero-order chi connectivity index (χ0) is 12.4. The van der Waals surface area contributed by atoms with Crippen LogP contribution < -0.4 is 5.73 Å². The highest BCUT2D eigenvalue weighted by molar-refractivity contribution is 7.99. The van der Waals surface area contributed by atoms with Gasteiger partial charge < -0.3 is 5.73 Å². The number of nitrogens with two attached hydrogens (primary N) is 1. The van der Waals surface area contributed by atoms with E-state index in [1.165, 1.54) is 34.6 Å². The summed E-state index contributed by atoms with van der Waals surface area (Å²) in [5.41, 5.74) is 10.4. The van der Waals surface area contributed by atoms with E-state index in [9.17, 15) is 0 Å². The molecule has 0 saturated heterocycles. The molecular weight excluding hydrogens is 242 g/mol. The third-order valence-corrected chi connectivity index (χ3v) is 4.45. The van der Waals surface area contributed by atoms with E-state index < -0.39 is 0 Å². The second kappa shape index (κ2) is 5.16. The Labute approximate surface area is 111 Å². The van der Waals surface area contributed by atoms with Crippen LogP contribution in [0.1, 0.15) is 17.7 Å². The molecule has 0 spiro atoms. The van der Waals surface area contributed by atoms with Crippen molar-refractivity contribution in [1.82, 2.24) is 10.2 Å². The largest absolute Gasteiger partial charge is 0.330 e. The van der Waals surface area contributed by atoms with Crippen molar-refractivity contribution in [3.05, 3.63) is 35.5 Å². The topological polar surface area (TPSA) is 54.7 Å². The van der Waals surface area contributed by atoms with Gasteiger partial charge in [0.25, 0.3) is 0 Å². The molecule has 2 aromatic rings. The van der Waals surface area contributed by atoms with Crippen LogP contribution in [-0.2, 0) is 12.8 Å². The number of aryl methyl sites for hydroxylation is 1. The molecule has 94 valence electrons. The Morgan fingerprint density at radius 2 is 2.28 bits per heavy atom. The lowest BCUT2D eigenvalue weighted by Gasteiger charge is -2.15. The number of nitrogens with one attached hydrogen (secondary N) is 1. The summed E-state index contributed by atoms with van der Waals surface area (Å²) in [6, 6.07) is 8.78. The molecule has 0 fully saturated rings. The highest BCUT2D eigenvalue weighted by Crippen LogP contribution is 2.32. The number of benzene rings is 1. The van der Waals surface area contributed by atoms with Crippen molar-refractivity contribution in [2.75, 3.05) is 12.3 Å². The first kappa shape index (κ1) is 11.8. The maximum atomic E-state index is 5.55. The summed E-state index contributed by atoms with van der Waals surface area (Å²) < 4.78 is 0. The molecule has 3 rings (SSSR count). The maximum Gasteiger partial charge on any atom is 0.0923 e. The minimum Gasteiger partial charge on any atom is -0.330 e. The fraction of sp³-hybridized carbons (Fsp3) is 0.357. The number of aromatic nitrogens is 2. The second-order valence-corrected chi connectivity index (χ2v) is 5.73. The average Bonchev–Trinajstić information content (AvgIpc) is 2.87. The summed E-state index contributed by atoms with van der Waals surface area (Å²) in [4.78, 5) is 1.43. The van der Waals surface area contributed by atoms with Crippen molar-refractivity contribution in [3.63, 3.8) is 0 Å². The van der Waals surface area contributed by atoms with Crippen LogP contribution in [0.5, 0.6) is 0 Å². The molecule has 1 aromatic heterocycles. The van der Waals surface area contributed by atoms with Gasteiger partial charge in [0.2, 0.25) is 0 Å². The van der Waals surface area contributed by atoms with E-state index in [2.05, 4.69) is 34.5 Å². The van der Waals surface area contributed by atoms with E-state index in [4.69, 9.17) is 5.73 Å². The Morgan fingerprint density at radius 3 is 3.17 bits per heavy atom. The first-order valence-electron chi connectivity index (χ1n) is 6.37. The zero-order valence-corrected chi connectivity index (χ0v) is 11.1. The highest BCUT2D eigenvalue weighted by atomic mass is 32.2. The summed E-state index contributed by atoms with van der Waals surface area (Å²) >= 11 is 1.96. The smallest absolute Gasteiger partial charge is 0.0923 e. The van der Waals surface area contributed by atoms with E-state index in [0.717, 1.165) is 17.8 Å². The fourth-order valence-electron chi connectivity index (χ4n) is 2.31. The van der Waals surface area contributed by atoms with Gasteiger partial charge in [-0.1, -0.05) is 6.07 Å². The summed E-state index contributed by atoms with van der Waals surface area (Å²) in [5.74, 6) is 1.25. The normalized spacial score (nSPS) is 14.5. The monoisotopic (exact) mass is 259 g/mol. The molecule has 0 radical (unpaired) electrons. The van der Waals surface area contributed by atoms with Gasteiger partial charge in [-0.25, -0.2) is 0 Å². The Kier molecular flexibility index (Phi) is 3.39. The number of H-pyrrole nitrogens is 1. The van der Waals surface area contributed by atoms with Gasteiger partial charge in [-0.2, -0.15) is 5.10 Å². The Bertz CT molecular complexity index is 548. The summed E-state index contributed by atoms with van der Waals surface area (Å²) in [6.07, 6.45) is 3.32. The summed E-state index contributed by atoms with van der Waals surface area (Å²) in [6.45, 7) is 0.655. The van der Waals surface area contributed by atoms with E-state index in [-0.39, 0.29) is 0 Å². The quantitative estimate of drug-likeness (QED) is 0.891. The molecule has 0 bridgehead atoms.